The van der Waals surface area contributed by atoms with Crippen LogP contribution in [0, 0.1) is 0 Å². The average Bonchev–Trinajstić information content (AvgIpc) is 2.82. The van der Waals surface area contributed by atoms with Crippen LogP contribution in [0.25, 0.3) is 22.7 Å². The highest BCUT2D eigenvalue weighted by Crippen LogP contribution is 2.30. The molecule has 0 aliphatic heterocycles. The van der Waals surface area contributed by atoms with Crippen LogP contribution in [0.3, 0.4) is 0 Å². The standard InChI is InChI=1S/C15H13ClN4O/c1-8(10-4-2-3-5-11(10)16)6-9-7-21-14-12(9)13(17)19-15(18)20-14/h2-7H,1H3,(H4,17,18,19,20)/b8-6+. The van der Waals surface area contributed by atoms with Crippen molar-refractivity contribution in [1.82, 2.24) is 9.97 Å². The molecule has 0 atom stereocenters. The Labute approximate surface area is 126 Å². The third-order valence-electron chi connectivity index (χ3n) is 3.18. The molecule has 0 spiro atoms. The molecule has 0 aliphatic rings. The quantitative estimate of drug-likeness (QED) is 0.754. The van der Waals surface area contributed by atoms with E-state index in [1.165, 1.54) is 0 Å². The number of nitrogen functional groups attached to an aromatic ring is 2. The van der Waals surface area contributed by atoms with Crippen LogP contribution in [0.1, 0.15) is 18.1 Å². The van der Waals surface area contributed by atoms with Gasteiger partial charge in [0.15, 0.2) is 0 Å². The van der Waals surface area contributed by atoms with Gasteiger partial charge in [0.1, 0.15) is 12.1 Å². The van der Waals surface area contributed by atoms with Crippen LogP contribution in [-0.2, 0) is 0 Å². The van der Waals surface area contributed by atoms with Crippen molar-refractivity contribution in [1.29, 1.82) is 0 Å². The van der Waals surface area contributed by atoms with Crippen molar-refractivity contribution < 1.29 is 4.42 Å². The van der Waals surface area contributed by atoms with Gasteiger partial charge in [0, 0.05) is 10.6 Å². The van der Waals surface area contributed by atoms with E-state index >= 15 is 0 Å². The molecule has 0 bridgehead atoms. The minimum Gasteiger partial charge on any atom is -0.445 e. The molecule has 0 unspecified atom stereocenters. The first-order valence-electron chi connectivity index (χ1n) is 6.29. The van der Waals surface area contributed by atoms with E-state index in [0.29, 0.717) is 21.9 Å². The third-order valence-corrected chi connectivity index (χ3v) is 3.51. The molecule has 2 aromatic heterocycles. The highest BCUT2D eigenvalue weighted by atomic mass is 35.5. The van der Waals surface area contributed by atoms with E-state index in [4.69, 9.17) is 27.5 Å². The molecule has 5 nitrogen and oxygen atoms in total. The summed E-state index contributed by atoms with van der Waals surface area (Å²) in [4.78, 5) is 7.98. The summed E-state index contributed by atoms with van der Waals surface area (Å²) in [6.45, 7) is 1.97. The first-order chi connectivity index (χ1) is 10.1. The van der Waals surface area contributed by atoms with Gasteiger partial charge in [-0.3, -0.25) is 0 Å². The summed E-state index contributed by atoms with van der Waals surface area (Å²) in [7, 11) is 0. The van der Waals surface area contributed by atoms with Gasteiger partial charge >= 0.3 is 0 Å². The number of aromatic nitrogens is 2. The Morgan fingerprint density at radius 3 is 2.76 bits per heavy atom. The molecule has 0 saturated carbocycles. The molecule has 0 aliphatic carbocycles. The van der Waals surface area contributed by atoms with Crippen LogP contribution in [-0.4, -0.2) is 9.97 Å². The van der Waals surface area contributed by atoms with E-state index in [-0.39, 0.29) is 5.95 Å². The summed E-state index contributed by atoms with van der Waals surface area (Å²) < 4.78 is 5.39. The number of halogens is 1. The van der Waals surface area contributed by atoms with E-state index < -0.39 is 0 Å². The summed E-state index contributed by atoms with van der Waals surface area (Å²) in [6.07, 6.45) is 3.51. The van der Waals surface area contributed by atoms with Crippen LogP contribution in [0.4, 0.5) is 11.8 Å². The van der Waals surface area contributed by atoms with Crippen molar-refractivity contribution in [2.75, 3.05) is 11.5 Å². The molecule has 2 heterocycles. The van der Waals surface area contributed by atoms with E-state index in [9.17, 15) is 0 Å². The number of fused-ring (bicyclic) bond motifs is 1. The van der Waals surface area contributed by atoms with Gasteiger partial charge in [-0.05, 0) is 30.2 Å². The number of hydrogen-bond donors (Lipinski definition) is 2. The molecule has 4 N–H and O–H groups in total. The predicted molar refractivity (Wildman–Crippen MR) is 85.6 cm³/mol. The summed E-state index contributed by atoms with van der Waals surface area (Å²) in [6, 6.07) is 7.62. The van der Waals surface area contributed by atoms with Gasteiger partial charge in [-0.25, -0.2) is 0 Å². The normalized spacial score (nSPS) is 12.0. The lowest BCUT2D eigenvalue weighted by Gasteiger charge is -2.04. The maximum Gasteiger partial charge on any atom is 0.233 e. The Kier molecular flexibility index (Phi) is 3.27. The van der Waals surface area contributed by atoms with E-state index in [2.05, 4.69) is 9.97 Å². The van der Waals surface area contributed by atoms with Crippen molar-refractivity contribution in [2.45, 2.75) is 6.92 Å². The van der Waals surface area contributed by atoms with Gasteiger partial charge in [-0.1, -0.05) is 29.8 Å². The predicted octanol–water partition coefficient (Wildman–Crippen LogP) is 3.60. The first-order valence-corrected chi connectivity index (χ1v) is 6.67. The first kappa shape index (κ1) is 13.5. The lowest BCUT2D eigenvalue weighted by Crippen LogP contribution is -1.99. The Morgan fingerprint density at radius 2 is 2.00 bits per heavy atom. The third kappa shape index (κ3) is 2.43. The fraction of sp³-hybridized carbons (Fsp3) is 0.0667. The molecule has 3 aromatic rings. The SMILES string of the molecule is C/C(=C\c1coc2nc(N)nc(N)c12)c1ccccc1Cl. The van der Waals surface area contributed by atoms with Crippen LogP contribution in [0.2, 0.25) is 5.02 Å². The van der Waals surface area contributed by atoms with Gasteiger partial charge in [0.2, 0.25) is 11.7 Å². The van der Waals surface area contributed by atoms with Crippen LogP contribution in [0.15, 0.2) is 34.9 Å². The number of nitrogens with two attached hydrogens (primary N) is 2. The largest absolute Gasteiger partial charge is 0.445 e. The van der Waals surface area contributed by atoms with Gasteiger partial charge in [0.05, 0.1) is 5.39 Å². The number of anilines is 2. The van der Waals surface area contributed by atoms with E-state index in [1.54, 1.807) is 6.26 Å². The lowest BCUT2D eigenvalue weighted by atomic mass is 10.0. The highest BCUT2D eigenvalue weighted by molar-refractivity contribution is 6.32. The highest BCUT2D eigenvalue weighted by Gasteiger charge is 2.12. The monoisotopic (exact) mass is 300 g/mol. The summed E-state index contributed by atoms with van der Waals surface area (Å²) in [5, 5.41) is 1.34. The Bertz CT molecular complexity index is 854. The number of nitrogens with zero attached hydrogens (tertiary/aromatic N) is 2. The zero-order chi connectivity index (χ0) is 15.0. The number of hydrogen-bond acceptors (Lipinski definition) is 5. The second-order valence-electron chi connectivity index (χ2n) is 4.65. The number of allylic oxidation sites excluding steroid dienone is 1. The lowest BCUT2D eigenvalue weighted by molar-refractivity contribution is 0.602. The number of furan rings is 1. The summed E-state index contributed by atoms with van der Waals surface area (Å²) in [5.74, 6) is 0.386. The molecule has 6 heteroatoms. The summed E-state index contributed by atoms with van der Waals surface area (Å²) in [5.41, 5.74) is 14.5. The molecular weight excluding hydrogens is 288 g/mol. The van der Waals surface area contributed by atoms with Crippen molar-refractivity contribution in [2.24, 2.45) is 0 Å². The Hall–Kier alpha value is -2.53. The molecular formula is C15H13ClN4O. The van der Waals surface area contributed by atoms with Crippen molar-refractivity contribution in [3.8, 4) is 0 Å². The molecule has 21 heavy (non-hydrogen) atoms. The van der Waals surface area contributed by atoms with Crippen molar-refractivity contribution >= 4 is 46.1 Å². The molecule has 1 aromatic carbocycles. The van der Waals surface area contributed by atoms with Crippen LogP contribution in [0.5, 0.6) is 0 Å². The maximum absolute atomic E-state index is 6.20. The van der Waals surface area contributed by atoms with Crippen LogP contribution >= 0.6 is 11.6 Å². The fourth-order valence-corrected chi connectivity index (χ4v) is 2.49. The zero-order valence-electron chi connectivity index (χ0n) is 11.3. The van der Waals surface area contributed by atoms with Gasteiger partial charge in [-0.2, -0.15) is 9.97 Å². The van der Waals surface area contributed by atoms with E-state index in [1.807, 2.05) is 37.3 Å². The molecule has 3 rings (SSSR count). The Balaban J connectivity index is 2.14. The smallest absolute Gasteiger partial charge is 0.233 e. The maximum atomic E-state index is 6.20. The molecule has 0 fully saturated rings. The van der Waals surface area contributed by atoms with Gasteiger partial charge < -0.3 is 15.9 Å². The van der Waals surface area contributed by atoms with Gasteiger partial charge in [-0.15, -0.1) is 0 Å². The van der Waals surface area contributed by atoms with Gasteiger partial charge in [0.25, 0.3) is 0 Å². The van der Waals surface area contributed by atoms with Crippen molar-refractivity contribution in [3.05, 3.63) is 46.7 Å². The van der Waals surface area contributed by atoms with E-state index in [0.717, 1.165) is 16.7 Å². The summed E-state index contributed by atoms with van der Waals surface area (Å²) >= 11 is 6.20. The molecule has 0 radical (unpaired) electrons. The second-order valence-corrected chi connectivity index (χ2v) is 5.05. The van der Waals surface area contributed by atoms with Crippen molar-refractivity contribution in [3.63, 3.8) is 0 Å². The fourth-order valence-electron chi connectivity index (χ4n) is 2.21. The zero-order valence-corrected chi connectivity index (χ0v) is 12.1. The minimum atomic E-state index is 0.0905. The Morgan fingerprint density at radius 1 is 1.24 bits per heavy atom. The molecule has 0 saturated heterocycles. The minimum absolute atomic E-state index is 0.0905. The number of rotatable bonds is 2. The number of benzene rings is 1. The molecule has 106 valence electrons. The average molecular weight is 301 g/mol. The second kappa shape index (κ2) is 5.10. The van der Waals surface area contributed by atoms with Crippen LogP contribution < -0.4 is 11.5 Å². The topological polar surface area (TPSA) is 91.0 Å². The molecule has 0 amide bonds.